The summed E-state index contributed by atoms with van der Waals surface area (Å²) in [5, 5.41) is 3.50. The SMILES string of the molecule is CC(C)Oc1ccc(/C(=C\[C@H]2CCC(=O)N2)c2ccc(Cl)c(=O)[nH]2)cc1Cl. The first-order valence-corrected chi connectivity index (χ1v) is 9.46. The summed E-state index contributed by atoms with van der Waals surface area (Å²) in [5.74, 6) is 0.604. The zero-order valence-electron chi connectivity index (χ0n) is 15.0. The fraction of sp³-hybridized carbons (Fsp3) is 0.300. The number of hydrogen-bond acceptors (Lipinski definition) is 3. The van der Waals surface area contributed by atoms with Crippen molar-refractivity contribution in [3.8, 4) is 5.75 Å². The van der Waals surface area contributed by atoms with Crippen LogP contribution in [-0.2, 0) is 4.79 Å². The molecule has 0 radical (unpaired) electrons. The third-order valence-corrected chi connectivity index (χ3v) is 4.75. The largest absolute Gasteiger partial charge is 0.489 e. The Morgan fingerprint density at radius 3 is 2.56 bits per heavy atom. The normalized spacial score (nSPS) is 17.3. The topological polar surface area (TPSA) is 71.2 Å². The van der Waals surface area contributed by atoms with E-state index in [0.717, 1.165) is 11.1 Å². The predicted molar refractivity (Wildman–Crippen MR) is 108 cm³/mol. The lowest BCUT2D eigenvalue weighted by Crippen LogP contribution is -2.23. The number of ether oxygens (including phenoxy) is 1. The lowest BCUT2D eigenvalue weighted by molar-refractivity contribution is -0.119. The molecule has 2 aromatic rings. The van der Waals surface area contributed by atoms with Crippen LogP contribution in [0.1, 0.15) is 37.9 Å². The minimum Gasteiger partial charge on any atom is -0.489 e. The summed E-state index contributed by atoms with van der Waals surface area (Å²) in [6.45, 7) is 3.85. The van der Waals surface area contributed by atoms with E-state index in [4.69, 9.17) is 27.9 Å². The Bertz CT molecular complexity index is 950. The molecule has 5 nitrogen and oxygen atoms in total. The summed E-state index contributed by atoms with van der Waals surface area (Å²) in [6, 6.07) is 8.63. The first kappa shape index (κ1) is 19.5. The van der Waals surface area contributed by atoms with Gasteiger partial charge in [-0.15, -0.1) is 0 Å². The number of benzene rings is 1. The highest BCUT2D eigenvalue weighted by molar-refractivity contribution is 6.32. The Balaban J connectivity index is 2.05. The smallest absolute Gasteiger partial charge is 0.267 e. The molecular formula is C20H20Cl2N2O3. The van der Waals surface area contributed by atoms with Gasteiger partial charge in [-0.05, 0) is 50.1 Å². The molecule has 1 aromatic carbocycles. The number of aromatic nitrogens is 1. The van der Waals surface area contributed by atoms with Crippen molar-refractivity contribution in [2.45, 2.75) is 38.8 Å². The van der Waals surface area contributed by atoms with Gasteiger partial charge < -0.3 is 15.0 Å². The Kier molecular flexibility index (Phi) is 5.92. The number of amides is 1. The summed E-state index contributed by atoms with van der Waals surface area (Å²) in [5.41, 5.74) is 1.78. The van der Waals surface area contributed by atoms with E-state index >= 15 is 0 Å². The molecule has 3 rings (SSSR count). The van der Waals surface area contributed by atoms with Gasteiger partial charge in [0.25, 0.3) is 5.56 Å². The number of H-pyrrole nitrogens is 1. The van der Waals surface area contributed by atoms with Crippen molar-refractivity contribution >= 4 is 34.7 Å². The van der Waals surface area contributed by atoms with E-state index in [0.29, 0.717) is 29.3 Å². The van der Waals surface area contributed by atoms with Crippen LogP contribution in [-0.4, -0.2) is 23.0 Å². The first-order chi connectivity index (χ1) is 12.8. The van der Waals surface area contributed by atoms with Gasteiger partial charge in [-0.2, -0.15) is 0 Å². The molecule has 0 saturated carbocycles. The van der Waals surface area contributed by atoms with Gasteiger partial charge in [0.1, 0.15) is 10.8 Å². The highest BCUT2D eigenvalue weighted by Crippen LogP contribution is 2.32. The molecule has 7 heteroatoms. The second-order valence-electron chi connectivity index (χ2n) is 6.65. The quantitative estimate of drug-likeness (QED) is 0.781. The molecule has 1 fully saturated rings. The van der Waals surface area contributed by atoms with E-state index in [1.54, 1.807) is 24.3 Å². The summed E-state index contributed by atoms with van der Waals surface area (Å²) in [6.07, 6.45) is 3.11. The molecule has 0 unspecified atom stereocenters. The molecule has 1 aliphatic rings. The van der Waals surface area contributed by atoms with Crippen molar-refractivity contribution in [2.24, 2.45) is 0 Å². The van der Waals surface area contributed by atoms with Crippen LogP contribution in [0.25, 0.3) is 5.57 Å². The Morgan fingerprint density at radius 1 is 1.19 bits per heavy atom. The van der Waals surface area contributed by atoms with E-state index in [2.05, 4.69) is 10.3 Å². The molecule has 2 heterocycles. The number of nitrogens with one attached hydrogen (secondary N) is 2. The Hall–Kier alpha value is -2.24. The maximum atomic E-state index is 12.0. The second-order valence-corrected chi connectivity index (χ2v) is 7.47. The number of carbonyl (C=O) groups is 1. The van der Waals surface area contributed by atoms with Gasteiger partial charge >= 0.3 is 0 Å². The summed E-state index contributed by atoms with van der Waals surface area (Å²) in [4.78, 5) is 26.3. The minimum atomic E-state index is -0.374. The summed E-state index contributed by atoms with van der Waals surface area (Å²) < 4.78 is 5.68. The monoisotopic (exact) mass is 406 g/mol. The van der Waals surface area contributed by atoms with Gasteiger partial charge in [0.15, 0.2) is 0 Å². The third kappa shape index (κ3) is 4.73. The number of hydrogen-bond donors (Lipinski definition) is 2. The van der Waals surface area contributed by atoms with E-state index in [1.807, 2.05) is 26.0 Å². The van der Waals surface area contributed by atoms with Crippen molar-refractivity contribution in [1.29, 1.82) is 0 Å². The maximum Gasteiger partial charge on any atom is 0.267 e. The fourth-order valence-electron chi connectivity index (χ4n) is 2.94. The van der Waals surface area contributed by atoms with Crippen LogP contribution in [0.2, 0.25) is 10.0 Å². The first-order valence-electron chi connectivity index (χ1n) is 8.70. The molecule has 0 bridgehead atoms. The van der Waals surface area contributed by atoms with Crippen molar-refractivity contribution in [1.82, 2.24) is 10.3 Å². The molecular weight excluding hydrogens is 387 g/mol. The van der Waals surface area contributed by atoms with Crippen LogP contribution in [0.5, 0.6) is 5.75 Å². The van der Waals surface area contributed by atoms with Crippen molar-refractivity contribution in [2.75, 3.05) is 0 Å². The van der Waals surface area contributed by atoms with Crippen LogP contribution < -0.4 is 15.6 Å². The molecule has 1 aromatic heterocycles. The lowest BCUT2D eigenvalue weighted by Gasteiger charge is -2.15. The number of pyridine rings is 1. The Morgan fingerprint density at radius 2 is 1.96 bits per heavy atom. The van der Waals surface area contributed by atoms with E-state index in [9.17, 15) is 9.59 Å². The highest BCUT2D eigenvalue weighted by Gasteiger charge is 2.21. The molecule has 1 atom stereocenters. The average Bonchev–Trinajstić information content (AvgIpc) is 3.02. The Labute approximate surface area is 167 Å². The second kappa shape index (κ2) is 8.19. The van der Waals surface area contributed by atoms with Gasteiger partial charge in [-0.1, -0.05) is 35.3 Å². The van der Waals surface area contributed by atoms with E-state index in [-0.39, 0.29) is 28.6 Å². The third-order valence-electron chi connectivity index (χ3n) is 4.15. The zero-order valence-corrected chi connectivity index (χ0v) is 16.5. The van der Waals surface area contributed by atoms with Crippen LogP contribution in [0.4, 0.5) is 0 Å². The van der Waals surface area contributed by atoms with E-state index in [1.165, 1.54) is 0 Å². The lowest BCUT2D eigenvalue weighted by atomic mass is 9.99. The summed E-state index contributed by atoms with van der Waals surface area (Å²) >= 11 is 12.2. The van der Waals surface area contributed by atoms with Gasteiger partial charge in [0.2, 0.25) is 5.91 Å². The van der Waals surface area contributed by atoms with Gasteiger partial charge in [0.05, 0.1) is 11.1 Å². The van der Waals surface area contributed by atoms with Crippen molar-refractivity contribution < 1.29 is 9.53 Å². The molecule has 1 aliphatic heterocycles. The molecule has 27 heavy (non-hydrogen) atoms. The highest BCUT2D eigenvalue weighted by atomic mass is 35.5. The standard InChI is InChI=1S/C20H20Cl2N2O3/c1-11(2)27-18-7-3-12(9-16(18)22)14(10-13-4-8-19(25)23-13)17-6-5-15(21)20(26)24-17/h3,5-7,9-11,13H,4,8H2,1-2H3,(H,23,25)(H,24,26)/b14-10+/t13-/m1/s1. The number of rotatable bonds is 5. The minimum absolute atomic E-state index is 0.00434. The molecule has 2 N–H and O–H groups in total. The zero-order chi connectivity index (χ0) is 19.6. The molecule has 142 valence electrons. The predicted octanol–water partition coefficient (Wildman–Crippen LogP) is 4.18. The van der Waals surface area contributed by atoms with Gasteiger partial charge in [0, 0.05) is 23.7 Å². The number of halogens is 2. The molecule has 1 saturated heterocycles. The molecule has 0 aliphatic carbocycles. The van der Waals surface area contributed by atoms with Crippen molar-refractivity contribution in [3.05, 3.63) is 68.1 Å². The van der Waals surface area contributed by atoms with Crippen LogP contribution in [0, 0.1) is 0 Å². The van der Waals surface area contributed by atoms with Gasteiger partial charge in [-0.25, -0.2) is 0 Å². The van der Waals surface area contributed by atoms with Crippen LogP contribution in [0.3, 0.4) is 0 Å². The molecule has 0 spiro atoms. The number of carbonyl (C=O) groups excluding carboxylic acids is 1. The van der Waals surface area contributed by atoms with Crippen molar-refractivity contribution in [3.63, 3.8) is 0 Å². The van der Waals surface area contributed by atoms with Gasteiger partial charge in [-0.3, -0.25) is 9.59 Å². The fourth-order valence-corrected chi connectivity index (χ4v) is 3.27. The van der Waals surface area contributed by atoms with E-state index < -0.39 is 0 Å². The summed E-state index contributed by atoms with van der Waals surface area (Å²) in [7, 11) is 0. The van der Waals surface area contributed by atoms with Crippen LogP contribution in [0.15, 0.2) is 41.2 Å². The maximum absolute atomic E-state index is 12.0. The number of aromatic amines is 1. The average molecular weight is 407 g/mol. The molecule has 1 amide bonds. The van der Waals surface area contributed by atoms with Crippen LogP contribution >= 0.6 is 23.2 Å².